The lowest BCUT2D eigenvalue weighted by atomic mass is 10.2. The van der Waals surface area contributed by atoms with Gasteiger partial charge in [-0.1, -0.05) is 23.7 Å². The molecule has 1 unspecified atom stereocenters. The average molecular weight is 433 g/mol. The van der Waals surface area contributed by atoms with Gasteiger partial charge in [0.25, 0.3) is 11.8 Å². The molecular weight excluding hydrogens is 412 g/mol. The number of methoxy groups -OCH3 is 1. The summed E-state index contributed by atoms with van der Waals surface area (Å²) in [6.07, 6.45) is 1.90. The lowest BCUT2D eigenvalue weighted by Crippen LogP contribution is -2.50. The van der Waals surface area contributed by atoms with Crippen molar-refractivity contribution in [1.29, 1.82) is 0 Å². The Bertz CT molecular complexity index is 963. The van der Waals surface area contributed by atoms with Crippen molar-refractivity contribution in [3.63, 3.8) is 0 Å². The van der Waals surface area contributed by atoms with Gasteiger partial charge in [0.05, 0.1) is 18.7 Å². The van der Waals surface area contributed by atoms with Crippen LogP contribution in [0.2, 0.25) is 5.02 Å². The molecule has 9 heteroatoms. The van der Waals surface area contributed by atoms with E-state index in [1.165, 1.54) is 19.3 Å². The summed E-state index contributed by atoms with van der Waals surface area (Å²) >= 11 is 6.21. The number of rotatable bonds is 6. The van der Waals surface area contributed by atoms with Crippen molar-refractivity contribution in [3.05, 3.63) is 53.1 Å². The summed E-state index contributed by atoms with van der Waals surface area (Å²) < 4.78 is 21.8. The molecule has 1 atom stereocenters. The van der Waals surface area contributed by atoms with Gasteiger partial charge in [-0.15, -0.1) is 0 Å². The number of amides is 2. The monoisotopic (exact) mass is 432 g/mol. The zero-order valence-electron chi connectivity index (χ0n) is 16.4. The number of hydrazine groups is 1. The average Bonchev–Trinajstić information content (AvgIpc) is 2.77. The first-order chi connectivity index (χ1) is 14.5. The molecule has 30 heavy (non-hydrogen) atoms. The summed E-state index contributed by atoms with van der Waals surface area (Å²) in [6, 6.07) is 10.4. The van der Waals surface area contributed by atoms with Crippen LogP contribution in [0.3, 0.4) is 0 Å². The minimum atomic E-state index is -0.877. The van der Waals surface area contributed by atoms with Crippen molar-refractivity contribution < 1.29 is 28.5 Å². The fourth-order valence-electron chi connectivity index (χ4n) is 2.69. The number of nitrogens with one attached hydrogen (secondary N) is 2. The number of hydrogen-bond acceptors (Lipinski definition) is 6. The van der Waals surface area contributed by atoms with Crippen LogP contribution in [-0.2, 0) is 9.59 Å². The Morgan fingerprint density at radius 2 is 2.00 bits per heavy atom. The molecule has 1 aliphatic heterocycles. The van der Waals surface area contributed by atoms with Gasteiger partial charge in [-0.3, -0.25) is 20.4 Å². The minimum Gasteiger partial charge on any atom is -0.493 e. The normalized spacial score (nSPS) is 14.8. The van der Waals surface area contributed by atoms with Crippen molar-refractivity contribution in [3.8, 4) is 23.0 Å². The van der Waals surface area contributed by atoms with Gasteiger partial charge < -0.3 is 18.9 Å². The second-order valence-corrected chi connectivity index (χ2v) is 6.55. The number of benzene rings is 2. The molecule has 1 aliphatic rings. The largest absolute Gasteiger partial charge is 0.493 e. The summed E-state index contributed by atoms with van der Waals surface area (Å²) in [5.41, 5.74) is 5.24. The lowest BCUT2D eigenvalue weighted by Gasteiger charge is -2.25. The van der Waals surface area contributed by atoms with Gasteiger partial charge >= 0.3 is 0 Å². The quantitative estimate of drug-likeness (QED) is 0.538. The molecule has 0 radical (unpaired) electrons. The first-order valence-electron chi connectivity index (χ1n) is 9.18. The summed E-state index contributed by atoms with van der Waals surface area (Å²) in [4.78, 5) is 24.2. The maximum atomic E-state index is 12.2. The van der Waals surface area contributed by atoms with E-state index in [2.05, 4.69) is 10.9 Å². The Labute approximate surface area is 178 Å². The standard InChI is InChI=1S/C21H21ClN2O6/c1-3-28-20-14(22)10-13(11-17(20)27-2)8-9-19(25)23-24-21(26)18-12-29-15-6-4-5-7-16(15)30-18/h4-11,18H,3,12H2,1-2H3,(H,23,25)(H,24,26)/b9-8+. The van der Waals surface area contributed by atoms with Crippen LogP contribution in [0.5, 0.6) is 23.0 Å². The van der Waals surface area contributed by atoms with Crippen LogP contribution in [0.15, 0.2) is 42.5 Å². The summed E-state index contributed by atoms with van der Waals surface area (Å²) in [6.45, 7) is 2.32. The SMILES string of the molecule is CCOc1c(Cl)cc(/C=C/C(=O)NNC(=O)C2COc3ccccc3O2)cc1OC. The molecule has 0 aromatic heterocycles. The van der Waals surface area contributed by atoms with E-state index in [-0.39, 0.29) is 6.61 Å². The van der Waals surface area contributed by atoms with Crippen molar-refractivity contribution in [1.82, 2.24) is 10.9 Å². The molecule has 0 bridgehead atoms. The van der Waals surface area contributed by atoms with Crippen molar-refractivity contribution in [2.75, 3.05) is 20.3 Å². The first kappa shape index (κ1) is 21.3. The zero-order chi connectivity index (χ0) is 21.5. The molecule has 3 rings (SSSR count). The molecule has 158 valence electrons. The number of hydrogen-bond donors (Lipinski definition) is 2. The predicted molar refractivity (Wildman–Crippen MR) is 111 cm³/mol. The fourth-order valence-corrected chi connectivity index (χ4v) is 2.96. The molecular formula is C21H21ClN2O6. The summed E-state index contributed by atoms with van der Waals surface area (Å²) in [7, 11) is 1.50. The Hall–Kier alpha value is -3.39. The third kappa shape index (κ3) is 5.15. The number of ether oxygens (including phenoxy) is 4. The number of para-hydroxylation sites is 2. The van der Waals surface area contributed by atoms with Gasteiger partial charge in [0.2, 0.25) is 6.10 Å². The van der Waals surface area contributed by atoms with E-state index >= 15 is 0 Å². The number of carbonyl (C=O) groups excluding carboxylic acids is 2. The van der Waals surface area contributed by atoms with Crippen LogP contribution in [-0.4, -0.2) is 38.2 Å². The highest BCUT2D eigenvalue weighted by atomic mass is 35.5. The molecule has 0 fully saturated rings. The maximum Gasteiger partial charge on any atom is 0.283 e. The Morgan fingerprint density at radius 1 is 1.23 bits per heavy atom. The highest BCUT2D eigenvalue weighted by molar-refractivity contribution is 6.32. The topological polar surface area (TPSA) is 95.1 Å². The van der Waals surface area contributed by atoms with Crippen LogP contribution in [0.1, 0.15) is 12.5 Å². The summed E-state index contributed by atoms with van der Waals surface area (Å²) in [5, 5.41) is 0.360. The van der Waals surface area contributed by atoms with E-state index in [0.29, 0.717) is 40.2 Å². The molecule has 2 aromatic rings. The highest BCUT2D eigenvalue weighted by Gasteiger charge is 2.27. The van der Waals surface area contributed by atoms with Crippen molar-refractivity contribution in [2.45, 2.75) is 13.0 Å². The third-order valence-electron chi connectivity index (χ3n) is 4.08. The van der Waals surface area contributed by atoms with Crippen LogP contribution in [0.4, 0.5) is 0 Å². The molecule has 8 nitrogen and oxygen atoms in total. The van der Waals surface area contributed by atoms with Crippen LogP contribution < -0.4 is 29.8 Å². The molecule has 0 spiro atoms. The van der Waals surface area contributed by atoms with Crippen LogP contribution in [0, 0.1) is 0 Å². The molecule has 0 saturated carbocycles. The van der Waals surface area contributed by atoms with E-state index in [9.17, 15) is 9.59 Å². The Balaban J connectivity index is 1.55. The molecule has 0 saturated heterocycles. The predicted octanol–water partition coefficient (Wildman–Crippen LogP) is 2.75. The van der Waals surface area contributed by atoms with E-state index < -0.39 is 17.9 Å². The lowest BCUT2D eigenvalue weighted by molar-refractivity contribution is -0.134. The fraction of sp³-hybridized carbons (Fsp3) is 0.238. The Kier molecular flexibility index (Phi) is 7.03. The zero-order valence-corrected chi connectivity index (χ0v) is 17.2. The van der Waals surface area contributed by atoms with Gasteiger partial charge in [0, 0.05) is 6.08 Å². The minimum absolute atomic E-state index is 0.0407. The molecule has 2 amide bonds. The second-order valence-electron chi connectivity index (χ2n) is 6.14. The smallest absolute Gasteiger partial charge is 0.283 e. The third-order valence-corrected chi connectivity index (χ3v) is 4.36. The highest BCUT2D eigenvalue weighted by Crippen LogP contribution is 2.36. The first-order valence-corrected chi connectivity index (χ1v) is 9.56. The van der Waals surface area contributed by atoms with Gasteiger partial charge in [-0.2, -0.15) is 0 Å². The van der Waals surface area contributed by atoms with Crippen LogP contribution >= 0.6 is 11.6 Å². The van der Waals surface area contributed by atoms with Gasteiger partial charge in [0.1, 0.15) is 6.61 Å². The molecule has 2 aromatic carbocycles. The van der Waals surface area contributed by atoms with Crippen LogP contribution in [0.25, 0.3) is 6.08 Å². The number of carbonyl (C=O) groups is 2. The van der Waals surface area contributed by atoms with Crippen molar-refractivity contribution in [2.24, 2.45) is 0 Å². The number of fused-ring (bicyclic) bond motifs is 1. The molecule has 1 heterocycles. The van der Waals surface area contributed by atoms with E-state index in [4.69, 9.17) is 30.5 Å². The maximum absolute atomic E-state index is 12.2. The van der Waals surface area contributed by atoms with E-state index in [0.717, 1.165) is 0 Å². The Morgan fingerprint density at radius 3 is 2.73 bits per heavy atom. The van der Waals surface area contributed by atoms with E-state index in [1.54, 1.807) is 30.3 Å². The van der Waals surface area contributed by atoms with Gasteiger partial charge in [0.15, 0.2) is 23.0 Å². The van der Waals surface area contributed by atoms with Gasteiger partial charge in [-0.25, -0.2) is 0 Å². The number of halogens is 1. The summed E-state index contributed by atoms with van der Waals surface area (Å²) in [5.74, 6) is 0.857. The molecule has 2 N–H and O–H groups in total. The van der Waals surface area contributed by atoms with Gasteiger partial charge in [-0.05, 0) is 42.8 Å². The second kappa shape index (κ2) is 9.89. The molecule has 0 aliphatic carbocycles. The van der Waals surface area contributed by atoms with Crippen molar-refractivity contribution >= 4 is 29.5 Å². The van der Waals surface area contributed by atoms with E-state index in [1.807, 2.05) is 13.0 Å².